The van der Waals surface area contributed by atoms with Gasteiger partial charge in [-0.05, 0) is 33.3 Å². The van der Waals surface area contributed by atoms with Gasteiger partial charge in [0.2, 0.25) is 0 Å². The van der Waals surface area contributed by atoms with Crippen LogP contribution in [0.5, 0.6) is 5.75 Å². The van der Waals surface area contributed by atoms with Crippen molar-refractivity contribution < 1.29 is 14.6 Å². The molecule has 0 amide bonds. The minimum atomic E-state index is -0.628. The van der Waals surface area contributed by atoms with Crippen LogP contribution in [0, 0.1) is 0 Å². The average molecular weight is 250 g/mol. The van der Waals surface area contributed by atoms with Gasteiger partial charge in [0, 0.05) is 12.0 Å². The summed E-state index contributed by atoms with van der Waals surface area (Å²) in [5.41, 5.74) is 1.82. The van der Waals surface area contributed by atoms with Crippen molar-refractivity contribution in [3.05, 3.63) is 29.3 Å². The highest BCUT2D eigenvalue weighted by molar-refractivity contribution is 5.46. The molecule has 0 saturated heterocycles. The third-order valence-electron chi connectivity index (χ3n) is 3.07. The van der Waals surface area contributed by atoms with Crippen LogP contribution < -0.4 is 4.74 Å². The zero-order valence-corrected chi connectivity index (χ0v) is 11.6. The maximum atomic E-state index is 10.2. The van der Waals surface area contributed by atoms with Crippen molar-refractivity contribution in [1.82, 2.24) is 0 Å². The van der Waals surface area contributed by atoms with Crippen molar-refractivity contribution in [1.29, 1.82) is 0 Å². The van der Waals surface area contributed by atoms with E-state index in [1.165, 1.54) is 5.56 Å². The van der Waals surface area contributed by atoms with Gasteiger partial charge in [0.1, 0.15) is 17.5 Å². The van der Waals surface area contributed by atoms with Crippen molar-refractivity contribution in [3.8, 4) is 5.75 Å². The minimum absolute atomic E-state index is 0.119. The topological polar surface area (TPSA) is 38.7 Å². The molecule has 18 heavy (non-hydrogen) atoms. The lowest BCUT2D eigenvalue weighted by molar-refractivity contribution is 0.00309. The van der Waals surface area contributed by atoms with Gasteiger partial charge in [0.25, 0.3) is 0 Å². The average Bonchev–Trinajstić information content (AvgIpc) is 2.59. The molecule has 1 aliphatic rings. The number of aliphatic hydroxyl groups is 1. The Hall–Kier alpha value is -1.06. The molecule has 0 saturated carbocycles. The molecule has 1 aromatic rings. The fourth-order valence-electron chi connectivity index (χ4n) is 2.28. The normalized spacial score (nSPS) is 18.6. The zero-order valence-electron chi connectivity index (χ0n) is 11.6. The monoisotopic (exact) mass is 250 g/mol. The van der Waals surface area contributed by atoms with Gasteiger partial charge in [0.15, 0.2) is 0 Å². The summed E-state index contributed by atoms with van der Waals surface area (Å²) in [6.45, 7) is 8.35. The van der Waals surface area contributed by atoms with E-state index in [0.29, 0.717) is 6.61 Å². The van der Waals surface area contributed by atoms with E-state index in [-0.39, 0.29) is 11.7 Å². The largest absolute Gasteiger partial charge is 0.487 e. The Bertz CT molecular complexity index is 424. The van der Waals surface area contributed by atoms with Crippen LogP contribution >= 0.6 is 0 Å². The van der Waals surface area contributed by atoms with Crippen molar-refractivity contribution in [2.24, 2.45) is 0 Å². The number of aliphatic hydroxyl groups excluding tert-OH is 1. The molecular formula is C15H22O3. The first-order chi connectivity index (χ1) is 8.39. The molecule has 0 bridgehead atoms. The molecule has 1 aromatic carbocycles. The predicted octanol–water partition coefficient (Wildman–Crippen LogP) is 2.86. The number of hydrogen-bond acceptors (Lipinski definition) is 3. The molecule has 3 heteroatoms. The Kier molecular flexibility index (Phi) is 3.64. The maximum Gasteiger partial charge on any atom is 0.129 e. The first-order valence-electron chi connectivity index (χ1n) is 6.49. The highest BCUT2D eigenvalue weighted by atomic mass is 16.5. The Morgan fingerprint density at radius 1 is 1.39 bits per heavy atom. The molecule has 3 nitrogen and oxygen atoms in total. The van der Waals surface area contributed by atoms with E-state index in [1.54, 1.807) is 0 Å². The van der Waals surface area contributed by atoms with Crippen LogP contribution in [0.2, 0.25) is 0 Å². The van der Waals surface area contributed by atoms with Gasteiger partial charge < -0.3 is 14.6 Å². The third kappa shape index (κ3) is 2.85. The van der Waals surface area contributed by atoms with Crippen LogP contribution in [0.15, 0.2) is 18.2 Å². The summed E-state index contributed by atoms with van der Waals surface area (Å²) >= 11 is 0. The van der Waals surface area contributed by atoms with Crippen LogP contribution in [0.1, 0.15) is 44.9 Å². The van der Waals surface area contributed by atoms with Gasteiger partial charge in [-0.25, -0.2) is 0 Å². The van der Waals surface area contributed by atoms with Crippen LogP contribution in [-0.4, -0.2) is 23.4 Å². The van der Waals surface area contributed by atoms with Crippen molar-refractivity contribution in [3.63, 3.8) is 0 Å². The van der Waals surface area contributed by atoms with Gasteiger partial charge in [0.05, 0.1) is 12.7 Å². The molecule has 100 valence electrons. The number of benzene rings is 1. The SMILES string of the molecule is CC(C)OCC(O)c1cccc2c1OC(C)(C)C2. The Morgan fingerprint density at radius 3 is 2.78 bits per heavy atom. The molecular weight excluding hydrogens is 228 g/mol. The highest BCUT2D eigenvalue weighted by Crippen LogP contribution is 2.39. The van der Waals surface area contributed by atoms with E-state index in [4.69, 9.17) is 9.47 Å². The fraction of sp³-hybridized carbons (Fsp3) is 0.600. The number of ether oxygens (including phenoxy) is 2. The van der Waals surface area contributed by atoms with E-state index in [0.717, 1.165) is 17.7 Å². The first kappa shape index (κ1) is 13.4. The zero-order chi connectivity index (χ0) is 13.3. The lowest BCUT2D eigenvalue weighted by atomic mass is 9.99. The van der Waals surface area contributed by atoms with Gasteiger partial charge in [-0.1, -0.05) is 18.2 Å². The summed E-state index contributed by atoms with van der Waals surface area (Å²) in [6.07, 6.45) is 0.374. The summed E-state index contributed by atoms with van der Waals surface area (Å²) in [7, 11) is 0. The van der Waals surface area contributed by atoms with Crippen molar-refractivity contribution >= 4 is 0 Å². The Balaban J connectivity index is 2.18. The van der Waals surface area contributed by atoms with Gasteiger partial charge >= 0.3 is 0 Å². The predicted molar refractivity (Wildman–Crippen MR) is 70.9 cm³/mol. The molecule has 0 aromatic heterocycles. The Morgan fingerprint density at radius 2 is 2.11 bits per heavy atom. The van der Waals surface area contributed by atoms with Gasteiger partial charge in [-0.3, -0.25) is 0 Å². The van der Waals surface area contributed by atoms with Gasteiger partial charge in [-0.2, -0.15) is 0 Å². The van der Waals surface area contributed by atoms with E-state index in [2.05, 4.69) is 19.9 Å². The molecule has 0 aliphatic carbocycles. The van der Waals surface area contributed by atoms with Gasteiger partial charge in [-0.15, -0.1) is 0 Å². The van der Waals surface area contributed by atoms with Crippen LogP contribution in [0.3, 0.4) is 0 Å². The van der Waals surface area contributed by atoms with Crippen LogP contribution in [-0.2, 0) is 11.2 Å². The van der Waals surface area contributed by atoms with E-state index in [9.17, 15) is 5.11 Å². The molecule has 1 heterocycles. The summed E-state index contributed by atoms with van der Waals surface area (Å²) in [5.74, 6) is 0.836. The second-order valence-electron chi connectivity index (χ2n) is 5.77. The number of fused-ring (bicyclic) bond motifs is 1. The molecule has 1 atom stereocenters. The smallest absolute Gasteiger partial charge is 0.129 e. The number of para-hydroxylation sites is 1. The number of rotatable bonds is 4. The first-order valence-corrected chi connectivity index (χ1v) is 6.49. The van der Waals surface area contributed by atoms with Crippen molar-refractivity contribution in [2.75, 3.05) is 6.61 Å². The fourth-order valence-corrected chi connectivity index (χ4v) is 2.28. The second-order valence-corrected chi connectivity index (χ2v) is 5.77. The quantitative estimate of drug-likeness (QED) is 0.893. The molecule has 0 fully saturated rings. The summed E-state index contributed by atoms with van der Waals surface area (Å²) in [5, 5.41) is 10.2. The van der Waals surface area contributed by atoms with E-state index >= 15 is 0 Å². The van der Waals surface area contributed by atoms with E-state index in [1.807, 2.05) is 26.0 Å². The third-order valence-corrected chi connectivity index (χ3v) is 3.07. The molecule has 0 spiro atoms. The van der Waals surface area contributed by atoms with Crippen LogP contribution in [0.25, 0.3) is 0 Å². The molecule has 1 unspecified atom stereocenters. The number of hydrogen-bond donors (Lipinski definition) is 1. The summed E-state index contributed by atoms with van der Waals surface area (Å²) < 4.78 is 11.4. The molecule has 2 rings (SSSR count). The molecule has 1 N–H and O–H groups in total. The summed E-state index contributed by atoms with van der Waals surface area (Å²) in [4.78, 5) is 0. The van der Waals surface area contributed by atoms with Crippen molar-refractivity contribution in [2.45, 2.75) is 51.9 Å². The van der Waals surface area contributed by atoms with E-state index < -0.39 is 6.10 Å². The standard InChI is InChI=1S/C15H22O3/c1-10(2)17-9-13(16)12-7-5-6-11-8-15(3,4)18-14(11)12/h5-7,10,13,16H,8-9H2,1-4H3. The highest BCUT2D eigenvalue weighted by Gasteiger charge is 2.32. The molecule has 0 radical (unpaired) electrons. The summed E-state index contributed by atoms with van der Waals surface area (Å²) in [6, 6.07) is 5.94. The Labute approximate surface area is 109 Å². The second kappa shape index (κ2) is 4.90. The minimum Gasteiger partial charge on any atom is -0.487 e. The lowest BCUT2D eigenvalue weighted by Gasteiger charge is -2.20. The molecule has 1 aliphatic heterocycles. The maximum absolute atomic E-state index is 10.2. The lowest BCUT2D eigenvalue weighted by Crippen LogP contribution is -2.25. The van der Waals surface area contributed by atoms with Crippen LogP contribution in [0.4, 0.5) is 0 Å².